The summed E-state index contributed by atoms with van der Waals surface area (Å²) >= 11 is 0. The van der Waals surface area contributed by atoms with Gasteiger partial charge >= 0.3 is 0 Å². The maximum atomic E-state index is 8.56. The SMILES string of the molecule is CC(C)C1CN1CCCCO. The summed E-state index contributed by atoms with van der Waals surface area (Å²) in [5.74, 6) is 0.809. The largest absolute Gasteiger partial charge is 0.396 e. The maximum absolute atomic E-state index is 8.56. The number of aliphatic hydroxyl groups is 1. The van der Waals surface area contributed by atoms with Crippen LogP contribution in [0.5, 0.6) is 0 Å². The van der Waals surface area contributed by atoms with E-state index in [1.165, 1.54) is 13.1 Å². The first-order valence-electron chi connectivity index (χ1n) is 4.60. The standard InChI is InChI=1S/C9H19NO/c1-8(2)9-7-10(9)5-3-4-6-11/h8-9,11H,3-7H2,1-2H3. The molecule has 0 aliphatic carbocycles. The van der Waals surface area contributed by atoms with Crippen LogP contribution in [0.3, 0.4) is 0 Å². The molecule has 1 aliphatic heterocycles. The molecule has 2 atom stereocenters. The van der Waals surface area contributed by atoms with Crippen LogP contribution in [0.25, 0.3) is 0 Å². The second-order valence-electron chi connectivity index (χ2n) is 3.74. The van der Waals surface area contributed by atoms with Gasteiger partial charge in [0, 0.05) is 19.2 Å². The Balaban J connectivity index is 1.96. The average Bonchev–Trinajstić information content (AvgIpc) is 2.68. The van der Waals surface area contributed by atoms with Gasteiger partial charge in [-0.15, -0.1) is 0 Å². The molecule has 11 heavy (non-hydrogen) atoms. The van der Waals surface area contributed by atoms with Gasteiger partial charge in [0.15, 0.2) is 0 Å². The lowest BCUT2D eigenvalue weighted by Crippen LogP contribution is -2.09. The molecule has 2 nitrogen and oxygen atoms in total. The summed E-state index contributed by atoms with van der Waals surface area (Å²) in [6.45, 7) is 7.36. The van der Waals surface area contributed by atoms with Gasteiger partial charge in [-0.2, -0.15) is 0 Å². The Morgan fingerprint density at radius 2 is 2.18 bits per heavy atom. The minimum atomic E-state index is 0.347. The van der Waals surface area contributed by atoms with Gasteiger partial charge in [-0.1, -0.05) is 13.8 Å². The molecule has 2 unspecified atom stereocenters. The number of nitrogens with zero attached hydrogens (tertiary/aromatic N) is 1. The van der Waals surface area contributed by atoms with Crippen LogP contribution in [0, 0.1) is 5.92 Å². The van der Waals surface area contributed by atoms with Gasteiger partial charge < -0.3 is 5.11 Å². The molecular weight excluding hydrogens is 138 g/mol. The molecule has 1 fully saturated rings. The molecule has 0 spiro atoms. The van der Waals surface area contributed by atoms with Gasteiger partial charge in [0.1, 0.15) is 0 Å². The monoisotopic (exact) mass is 157 g/mol. The van der Waals surface area contributed by atoms with E-state index in [9.17, 15) is 0 Å². The third kappa shape index (κ3) is 2.80. The third-order valence-corrected chi connectivity index (χ3v) is 2.38. The summed E-state index contributed by atoms with van der Waals surface area (Å²) in [5, 5.41) is 8.56. The molecule has 0 amide bonds. The quantitative estimate of drug-likeness (QED) is 0.477. The maximum Gasteiger partial charge on any atom is 0.0431 e. The fraction of sp³-hybridized carbons (Fsp3) is 1.00. The summed E-state index contributed by atoms with van der Waals surface area (Å²) in [7, 11) is 0. The topological polar surface area (TPSA) is 23.2 Å². The van der Waals surface area contributed by atoms with Crippen LogP contribution in [-0.4, -0.2) is 35.7 Å². The molecule has 1 rings (SSSR count). The Hall–Kier alpha value is -0.0800. The van der Waals surface area contributed by atoms with Crippen molar-refractivity contribution in [3.8, 4) is 0 Å². The zero-order chi connectivity index (χ0) is 8.27. The molecule has 2 heteroatoms. The Morgan fingerprint density at radius 1 is 1.45 bits per heavy atom. The van der Waals surface area contributed by atoms with E-state index in [-0.39, 0.29) is 0 Å². The summed E-state index contributed by atoms with van der Waals surface area (Å²) in [4.78, 5) is 2.49. The Morgan fingerprint density at radius 3 is 2.64 bits per heavy atom. The normalized spacial score (nSPS) is 29.5. The molecule has 1 N–H and O–H groups in total. The zero-order valence-electron chi connectivity index (χ0n) is 7.58. The van der Waals surface area contributed by atoms with Gasteiger partial charge in [-0.25, -0.2) is 0 Å². The van der Waals surface area contributed by atoms with Crippen LogP contribution in [0.1, 0.15) is 26.7 Å². The second kappa shape index (κ2) is 4.07. The van der Waals surface area contributed by atoms with E-state index in [1.807, 2.05) is 0 Å². The van der Waals surface area contributed by atoms with Gasteiger partial charge in [0.2, 0.25) is 0 Å². The summed E-state index contributed by atoms with van der Waals surface area (Å²) < 4.78 is 0. The van der Waals surface area contributed by atoms with E-state index in [2.05, 4.69) is 18.7 Å². The highest BCUT2D eigenvalue weighted by Crippen LogP contribution is 2.24. The minimum Gasteiger partial charge on any atom is -0.396 e. The summed E-state index contributed by atoms with van der Waals surface area (Å²) in [5.41, 5.74) is 0. The Kier molecular flexibility index (Phi) is 3.34. The molecule has 0 aromatic heterocycles. The molecule has 66 valence electrons. The van der Waals surface area contributed by atoms with E-state index >= 15 is 0 Å². The molecule has 0 saturated carbocycles. The number of rotatable bonds is 5. The summed E-state index contributed by atoms with van der Waals surface area (Å²) in [6, 6.07) is 0.841. The van der Waals surface area contributed by atoms with Crippen LogP contribution in [0.4, 0.5) is 0 Å². The van der Waals surface area contributed by atoms with Crippen LogP contribution in [-0.2, 0) is 0 Å². The highest BCUT2D eigenvalue weighted by molar-refractivity contribution is 4.90. The highest BCUT2D eigenvalue weighted by atomic mass is 16.2. The molecule has 0 aromatic carbocycles. The smallest absolute Gasteiger partial charge is 0.0431 e. The first-order valence-corrected chi connectivity index (χ1v) is 4.60. The third-order valence-electron chi connectivity index (χ3n) is 2.38. The van der Waals surface area contributed by atoms with Crippen LogP contribution in [0.2, 0.25) is 0 Å². The lowest BCUT2D eigenvalue weighted by atomic mass is 10.1. The van der Waals surface area contributed by atoms with Gasteiger partial charge in [0.05, 0.1) is 0 Å². The van der Waals surface area contributed by atoms with Gasteiger partial charge in [-0.05, 0) is 25.3 Å². The van der Waals surface area contributed by atoms with Crippen molar-refractivity contribution in [3.05, 3.63) is 0 Å². The zero-order valence-corrected chi connectivity index (χ0v) is 7.58. The van der Waals surface area contributed by atoms with E-state index in [1.54, 1.807) is 0 Å². The summed E-state index contributed by atoms with van der Waals surface area (Å²) in [6.07, 6.45) is 2.11. The van der Waals surface area contributed by atoms with Crippen molar-refractivity contribution >= 4 is 0 Å². The highest BCUT2D eigenvalue weighted by Gasteiger charge is 2.34. The van der Waals surface area contributed by atoms with Crippen LogP contribution < -0.4 is 0 Å². The number of aliphatic hydroxyl groups excluding tert-OH is 1. The predicted octanol–water partition coefficient (Wildman–Crippen LogP) is 1.10. The fourth-order valence-corrected chi connectivity index (χ4v) is 1.51. The predicted molar refractivity (Wildman–Crippen MR) is 46.5 cm³/mol. The Bertz CT molecular complexity index is 114. The van der Waals surface area contributed by atoms with Crippen molar-refractivity contribution in [1.82, 2.24) is 4.90 Å². The van der Waals surface area contributed by atoms with E-state index in [0.717, 1.165) is 24.8 Å². The molecular formula is C9H19NO. The number of hydrogen-bond acceptors (Lipinski definition) is 2. The van der Waals surface area contributed by atoms with Crippen molar-refractivity contribution in [1.29, 1.82) is 0 Å². The molecule has 0 aromatic rings. The molecule has 1 saturated heterocycles. The minimum absolute atomic E-state index is 0.347. The Labute approximate surface area is 69.2 Å². The van der Waals surface area contributed by atoms with E-state index < -0.39 is 0 Å². The van der Waals surface area contributed by atoms with Crippen molar-refractivity contribution in [2.75, 3.05) is 19.7 Å². The van der Waals surface area contributed by atoms with Crippen molar-refractivity contribution in [2.24, 2.45) is 5.92 Å². The van der Waals surface area contributed by atoms with Crippen molar-refractivity contribution < 1.29 is 5.11 Å². The lowest BCUT2D eigenvalue weighted by molar-refractivity contribution is 0.278. The van der Waals surface area contributed by atoms with Crippen molar-refractivity contribution in [3.63, 3.8) is 0 Å². The number of unbranched alkanes of at least 4 members (excludes halogenated alkanes) is 1. The number of hydrogen-bond donors (Lipinski definition) is 1. The molecule has 0 radical (unpaired) electrons. The first kappa shape index (κ1) is 9.01. The fourth-order valence-electron chi connectivity index (χ4n) is 1.51. The molecule has 1 aliphatic rings. The van der Waals surface area contributed by atoms with Crippen molar-refractivity contribution in [2.45, 2.75) is 32.7 Å². The average molecular weight is 157 g/mol. The van der Waals surface area contributed by atoms with Crippen LogP contribution >= 0.6 is 0 Å². The molecule has 0 bridgehead atoms. The van der Waals surface area contributed by atoms with Crippen LogP contribution in [0.15, 0.2) is 0 Å². The van der Waals surface area contributed by atoms with E-state index in [0.29, 0.717) is 6.61 Å². The van der Waals surface area contributed by atoms with Gasteiger partial charge in [-0.3, -0.25) is 4.90 Å². The second-order valence-corrected chi connectivity index (χ2v) is 3.74. The van der Waals surface area contributed by atoms with Gasteiger partial charge in [0.25, 0.3) is 0 Å². The lowest BCUT2D eigenvalue weighted by Gasteiger charge is -2.04. The molecule has 1 heterocycles. The first-order chi connectivity index (χ1) is 5.25. The van der Waals surface area contributed by atoms with E-state index in [4.69, 9.17) is 5.11 Å².